The molecule has 0 saturated carbocycles. The summed E-state index contributed by atoms with van der Waals surface area (Å²) in [6.07, 6.45) is 0. The third-order valence-corrected chi connectivity index (χ3v) is 3.81. The molecule has 0 heterocycles. The minimum atomic E-state index is -0.536. The molecule has 0 fully saturated rings. The highest BCUT2D eigenvalue weighted by Gasteiger charge is 2.13. The molecule has 0 aliphatic heterocycles. The lowest BCUT2D eigenvalue weighted by atomic mass is 10.1. The van der Waals surface area contributed by atoms with E-state index in [1.54, 1.807) is 18.2 Å². The van der Waals surface area contributed by atoms with Crippen LogP contribution in [0.1, 0.15) is 22.9 Å². The summed E-state index contributed by atoms with van der Waals surface area (Å²) in [5, 5.41) is 0. The Morgan fingerprint density at radius 3 is 2.71 bits per heavy atom. The Morgan fingerprint density at radius 1 is 1.57 bits per heavy atom. The molecule has 14 heavy (non-hydrogen) atoms. The minimum Gasteiger partial charge on any atom is -0.298 e. The van der Waals surface area contributed by atoms with Gasteiger partial charge in [0.15, 0.2) is 0 Å². The minimum absolute atomic E-state index is 0.0112. The largest absolute Gasteiger partial charge is 0.298 e. The quantitative estimate of drug-likeness (QED) is 0.770. The van der Waals surface area contributed by atoms with Gasteiger partial charge in [-0.25, -0.2) is 4.39 Å². The zero-order valence-electron chi connectivity index (χ0n) is 7.56. The Hall–Kier alpha value is -0.220. The van der Waals surface area contributed by atoms with Crippen LogP contribution in [0.5, 0.6) is 0 Å². The van der Waals surface area contributed by atoms with Crippen molar-refractivity contribution in [3.8, 4) is 0 Å². The average molecular weight is 324 g/mol. The van der Waals surface area contributed by atoms with Gasteiger partial charge in [0, 0.05) is 4.47 Å². The van der Waals surface area contributed by atoms with Gasteiger partial charge in [-0.15, -0.1) is 0 Å². The number of ketones is 1. The highest BCUT2D eigenvalue weighted by atomic mass is 79.9. The first kappa shape index (κ1) is 11.9. The molecule has 1 rings (SSSR count). The van der Waals surface area contributed by atoms with Gasteiger partial charge < -0.3 is 0 Å². The second kappa shape index (κ2) is 5.03. The highest BCUT2D eigenvalue weighted by molar-refractivity contribution is 9.10. The van der Waals surface area contributed by atoms with Crippen molar-refractivity contribution in [3.63, 3.8) is 0 Å². The fourth-order valence-electron chi connectivity index (χ4n) is 1.09. The molecule has 0 aliphatic carbocycles. The molecule has 0 aromatic heterocycles. The number of alkyl halides is 2. The van der Waals surface area contributed by atoms with E-state index in [0.29, 0.717) is 5.56 Å². The van der Waals surface area contributed by atoms with Crippen LogP contribution >= 0.6 is 31.9 Å². The van der Waals surface area contributed by atoms with Crippen molar-refractivity contribution in [2.24, 2.45) is 0 Å². The van der Waals surface area contributed by atoms with Crippen molar-refractivity contribution in [2.75, 3.05) is 0 Å². The molecule has 0 spiro atoms. The first-order valence-corrected chi connectivity index (χ1v) is 5.76. The lowest BCUT2D eigenvalue weighted by molar-refractivity contribution is -0.116. The number of rotatable bonds is 3. The molecular formula is C10H9Br2FO. The molecule has 0 saturated heterocycles. The van der Waals surface area contributed by atoms with E-state index in [4.69, 9.17) is 0 Å². The molecule has 1 aromatic carbocycles. The summed E-state index contributed by atoms with van der Waals surface area (Å²) in [5.41, 5.74) is 1.35. The van der Waals surface area contributed by atoms with Crippen molar-refractivity contribution >= 4 is 37.6 Å². The number of carbonyl (C=O) groups is 1. The van der Waals surface area contributed by atoms with Gasteiger partial charge in [-0.05, 0) is 24.1 Å². The molecule has 1 aromatic rings. The smallest absolute Gasteiger partial charge is 0.147 e. The van der Waals surface area contributed by atoms with Gasteiger partial charge in [0.25, 0.3) is 0 Å². The van der Waals surface area contributed by atoms with Crippen molar-refractivity contribution < 1.29 is 9.18 Å². The Bertz CT molecular complexity index is 352. The van der Waals surface area contributed by atoms with Gasteiger partial charge in [-0.3, -0.25) is 4.79 Å². The number of Topliss-reactive ketones (excluding diaryl/α,β-unsaturated/α-hetero) is 1. The van der Waals surface area contributed by atoms with Crippen molar-refractivity contribution in [1.82, 2.24) is 0 Å². The maximum atomic E-state index is 12.5. The predicted molar refractivity (Wildman–Crippen MR) is 61.3 cm³/mol. The summed E-state index contributed by atoms with van der Waals surface area (Å²) in [7, 11) is 0. The van der Waals surface area contributed by atoms with E-state index in [-0.39, 0.29) is 10.6 Å². The average Bonchev–Trinajstić information content (AvgIpc) is 2.17. The van der Waals surface area contributed by atoms with Crippen LogP contribution in [0.25, 0.3) is 0 Å². The van der Waals surface area contributed by atoms with Crippen LogP contribution in [-0.4, -0.2) is 5.78 Å². The fourth-order valence-corrected chi connectivity index (χ4v) is 1.73. The van der Waals surface area contributed by atoms with E-state index in [1.807, 2.05) is 0 Å². The van der Waals surface area contributed by atoms with Gasteiger partial charge in [0.2, 0.25) is 0 Å². The lowest BCUT2D eigenvalue weighted by Crippen LogP contribution is -2.01. The molecule has 0 amide bonds. The lowest BCUT2D eigenvalue weighted by Gasteiger charge is -2.08. The van der Waals surface area contributed by atoms with Crippen LogP contribution in [0, 0.1) is 0 Å². The predicted octanol–water partition coefficient (Wildman–Crippen LogP) is 3.94. The molecule has 1 nitrogen and oxygen atoms in total. The Kier molecular flexibility index (Phi) is 4.26. The molecule has 1 unspecified atom stereocenters. The van der Waals surface area contributed by atoms with Crippen molar-refractivity contribution in [1.29, 1.82) is 0 Å². The number of benzene rings is 1. The Labute approximate surface area is 99.0 Å². The summed E-state index contributed by atoms with van der Waals surface area (Å²) >= 11 is 6.49. The van der Waals surface area contributed by atoms with Gasteiger partial charge >= 0.3 is 0 Å². The van der Waals surface area contributed by atoms with E-state index < -0.39 is 6.67 Å². The van der Waals surface area contributed by atoms with E-state index in [2.05, 4.69) is 31.9 Å². The van der Waals surface area contributed by atoms with Gasteiger partial charge in [-0.2, -0.15) is 0 Å². The summed E-state index contributed by atoms with van der Waals surface area (Å²) in [6, 6.07) is 5.23. The third kappa shape index (κ3) is 2.64. The topological polar surface area (TPSA) is 17.1 Å². The zero-order valence-corrected chi connectivity index (χ0v) is 10.7. The number of carbonyl (C=O) groups excluding carboxylic acids is 1. The van der Waals surface area contributed by atoms with Gasteiger partial charge in [0.05, 0.1) is 4.83 Å². The van der Waals surface area contributed by atoms with Crippen LogP contribution in [0.3, 0.4) is 0 Å². The summed E-state index contributed by atoms with van der Waals surface area (Å²) in [5.74, 6) is 0.0112. The third-order valence-electron chi connectivity index (χ3n) is 1.86. The van der Waals surface area contributed by atoms with Crippen LogP contribution < -0.4 is 0 Å². The van der Waals surface area contributed by atoms with Crippen LogP contribution in [0.2, 0.25) is 0 Å². The van der Waals surface area contributed by atoms with E-state index in [1.165, 1.54) is 6.92 Å². The van der Waals surface area contributed by atoms with Crippen molar-refractivity contribution in [2.45, 2.75) is 18.4 Å². The first-order chi connectivity index (χ1) is 6.56. The number of hydrogen-bond donors (Lipinski definition) is 0. The van der Waals surface area contributed by atoms with E-state index >= 15 is 0 Å². The van der Waals surface area contributed by atoms with E-state index in [9.17, 15) is 9.18 Å². The monoisotopic (exact) mass is 322 g/mol. The zero-order chi connectivity index (χ0) is 10.7. The normalized spacial score (nSPS) is 12.6. The molecule has 0 radical (unpaired) electrons. The standard InChI is InChI=1S/C10H9Br2FO/c1-6(14)10(12)7-2-3-9(11)8(4-7)5-13/h2-4,10H,5H2,1H3. The maximum Gasteiger partial charge on any atom is 0.147 e. The number of hydrogen-bond acceptors (Lipinski definition) is 1. The molecule has 4 heteroatoms. The van der Waals surface area contributed by atoms with Crippen molar-refractivity contribution in [3.05, 3.63) is 33.8 Å². The van der Waals surface area contributed by atoms with Gasteiger partial charge in [-0.1, -0.05) is 44.0 Å². The molecule has 0 bridgehead atoms. The molecule has 0 aliphatic rings. The Balaban J connectivity index is 3.06. The molecule has 1 atom stereocenters. The highest BCUT2D eigenvalue weighted by Crippen LogP contribution is 2.28. The van der Waals surface area contributed by atoms with Crippen LogP contribution in [0.15, 0.2) is 22.7 Å². The first-order valence-electron chi connectivity index (χ1n) is 4.05. The SMILES string of the molecule is CC(=O)C(Br)c1ccc(Br)c(CF)c1. The molecule has 76 valence electrons. The fraction of sp³-hybridized carbons (Fsp3) is 0.300. The molecular weight excluding hydrogens is 315 g/mol. The van der Waals surface area contributed by atoms with E-state index in [0.717, 1.165) is 10.0 Å². The summed E-state index contributed by atoms with van der Waals surface area (Å²) in [6.45, 7) is 0.961. The van der Waals surface area contributed by atoms with Crippen LogP contribution in [0.4, 0.5) is 4.39 Å². The summed E-state index contributed by atoms with van der Waals surface area (Å²) in [4.78, 5) is 10.7. The second-order valence-electron chi connectivity index (χ2n) is 2.96. The maximum absolute atomic E-state index is 12.5. The van der Waals surface area contributed by atoms with Gasteiger partial charge in [0.1, 0.15) is 12.5 Å². The second-order valence-corrected chi connectivity index (χ2v) is 4.73. The summed E-state index contributed by atoms with van der Waals surface area (Å²) < 4.78 is 13.2. The molecule has 0 N–H and O–H groups in total. The van der Waals surface area contributed by atoms with Crippen LogP contribution in [-0.2, 0) is 11.5 Å². The number of halogens is 3. The Morgan fingerprint density at radius 2 is 2.21 bits per heavy atom.